The van der Waals surface area contributed by atoms with E-state index in [1.807, 2.05) is 84.9 Å². The Labute approximate surface area is 225 Å². The van der Waals surface area contributed by atoms with Crippen molar-refractivity contribution in [2.75, 3.05) is 0 Å². The normalized spacial score (nSPS) is 13.5. The number of rotatable bonds is 4. The van der Waals surface area contributed by atoms with E-state index < -0.39 is 5.41 Å². The number of aliphatic hydroxyl groups excluding tert-OH is 2. The summed E-state index contributed by atoms with van der Waals surface area (Å²) in [6.45, 7) is -0.682. The van der Waals surface area contributed by atoms with E-state index in [4.69, 9.17) is 0 Å². The Kier molecular flexibility index (Phi) is 5.24. The molecule has 0 bridgehead atoms. The third-order valence-electron chi connectivity index (χ3n) is 8.24. The summed E-state index contributed by atoms with van der Waals surface area (Å²) in [5, 5.41) is 48.1. The van der Waals surface area contributed by atoms with Crippen LogP contribution in [0.15, 0.2) is 109 Å². The Balaban J connectivity index is 1.83. The number of hydrogen-bond acceptors (Lipinski definition) is 4. The number of fused-ring (bicyclic) bond motifs is 5. The lowest BCUT2D eigenvalue weighted by molar-refractivity contribution is 0.274. The molecule has 0 saturated heterocycles. The molecule has 0 radical (unpaired) electrons. The van der Waals surface area contributed by atoms with Gasteiger partial charge >= 0.3 is 0 Å². The zero-order valence-corrected chi connectivity index (χ0v) is 21.1. The molecular weight excluding hydrogens is 484 g/mol. The average Bonchev–Trinajstić information content (AvgIpc) is 3.27. The van der Waals surface area contributed by atoms with Gasteiger partial charge < -0.3 is 20.4 Å². The molecule has 1 aliphatic carbocycles. The van der Waals surface area contributed by atoms with Crippen molar-refractivity contribution in [1.82, 2.24) is 0 Å². The van der Waals surface area contributed by atoms with Gasteiger partial charge in [-0.25, -0.2) is 0 Å². The van der Waals surface area contributed by atoms with Gasteiger partial charge in [0.1, 0.15) is 11.5 Å². The fourth-order valence-electron chi connectivity index (χ4n) is 6.69. The summed E-state index contributed by atoms with van der Waals surface area (Å²) in [6, 6.07) is 35.5. The number of hydrogen-bond donors (Lipinski definition) is 4. The van der Waals surface area contributed by atoms with Gasteiger partial charge in [0.2, 0.25) is 0 Å². The van der Waals surface area contributed by atoms with Gasteiger partial charge in [0, 0.05) is 22.3 Å². The number of benzene rings is 6. The Bertz CT molecular complexity index is 1780. The SMILES string of the molecule is OCc1cc2ccccc2c(C2(c3c(O)c(CO)cc4ccccc34)c3ccccc3-c3ccccc32)c1O. The Morgan fingerprint density at radius 1 is 0.487 bits per heavy atom. The lowest BCUT2D eigenvalue weighted by Gasteiger charge is -2.37. The standard InChI is InChI=1S/C35H26O4/c36-19-23-17-21-9-1-3-11-25(21)31(33(23)38)35(29-15-7-5-13-27(29)28-14-6-8-16-30(28)35)32-26-12-4-2-10-22(26)18-24(20-37)34(32)39/h1-18,36-39H,19-20H2. The summed E-state index contributed by atoms with van der Waals surface area (Å²) in [4.78, 5) is 0. The van der Waals surface area contributed by atoms with Crippen LogP contribution < -0.4 is 0 Å². The molecule has 4 N–H and O–H groups in total. The van der Waals surface area contributed by atoms with Gasteiger partial charge in [-0.1, -0.05) is 97.1 Å². The van der Waals surface area contributed by atoms with Gasteiger partial charge in [0.05, 0.1) is 18.6 Å². The van der Waals surface area contributed by atoms with Crippen LogP contribution in [-0.4, -0.2) is 20.4 Å². The van der Waals surface area contributed by atoms with Gasteiger partial charge in [-0.3, -0.25) is 0 Å². The second-order valence-corrected chi connectivity index (χ2v) is 10.1. The van der Waals surface area contributed by atoms with Gasteiger partial charge in [-0.15, -0.1) is 0 Å². The third kappa shape index (κ3) is 3.07. The highest BCUT2D eigenvalue weighted by Crippen LogP contribution is 2.62. The van der Waals surface area contributed by atoms with Crippen LogP contribution in [0.5, 0.6) is 11.5 Å². The summed E-state index contributed by atoms with van der Waals surface area (Å²) < 4.78 is 0. The molecule has 0 saturated carbocycles. The van der Waals surface area contributed by atoms with Gasteiger partial charge in [0.15, 0.2) is 0 Å². The maximum Gasteiger partial charge on any atom is 0.126 e. The van der Waals surface area contributed by atoms with Crippen molar-refractivity contribution in [2.45, 2.75) is 18.6 Å². The first-order valence-corrected chi connectivity index (χ1v) is 13.0. The van der Waals surface area contributed by atoms with E-state index >= 15 is 0 Å². The fraction of sp³-hybridized carbons (Fsp3) is 0.0857. The van der Waals surface area contributed by atoms with Gasteiger partial charge in [-0.2, -0.15) is 0 Å². The van der Waals surface area contributed by atoms with E-state index in [1.54, 1.807) is 0 Å². The second-order valence-electron chi connectivity index (χ2n) is 10.1. The largest absolute Gasteiger partial charge is 0.507 e. The van der Waals surface area contributed by atoms with Crippen LogP contribution >= 0.6 is 0 Å². The first kappa shape index (κ1) is 23.5. The predicted octanol–water partition coefficient (Wildman–Crippen LogP) is 6.75. The Hall–Kier alpha value is -4.64. The quantitative estimate of drug-likeness (QED) is 0.211. The lowest BCUT2D eigenvalue weighted by Crippen LogP contribution is -2.30. The number of phenols is 2. The fourth-order valence-corrected chi connectivity index (χ4v) is 6.69. The lowest BCUT2D eigenvalue weighted by atomic mass is 9.64. The molecule has 4 nitrogen and oxygen atoms in total. The molecule has 0 spiro atoms. The molecule has 0 aliphatic heterocycles. The highest BCUT2D eigenvalue weighted by Gasteiger charge is 2.51. The molecule has 0 heterocycles. The van der Waals surface area contributed by atoms with E-state index in [1.165, 1.54) is 0 Å². The van der Waals surface area contributed by atoms with Crippen LogP contribution in [0, 0.1) is 0 Å². The number of aromatic hydroxyl groups is 2. The van der Waals surface area contributed by atoms with Gasteiger partial charge in [0.25, 0.3) is 0 Å². The smallest absolute Gasteiger partial charge is 0.126 e. The summed E-state index contributed by atoms with van der Waals surface area (Å²) in [7, 11) is 0. The van der Waals surface area contributed by atoms with Crippen LogP contribution in [0.4, 0.5) is 0 Å². The first-order chi connectivity index (χ1) is 19.1. The zero-order valence-electron chi connectivity index (χ0n) is 21.1. The van der Waals surface area contributed by atoms with Crippen molar-refractivity contribution >= 4 is 21.5 Å². The molecule has 0 aromatic heterocycles. The van der Waals surface area contributed by atoms with Crippen LogP contribution in [-0.2, 0) is 18.6 Å². The Morgan fingerprint density at radius 3 is 1.31 bits per heavy atom. The molecule has 6 aromatic rings. The van der Waals surface area contributed by atoms with Crippen LogP contribution in [0.3, 0.4) is 0 Å². The Morgan fingerprint density at radius 2 is 0.872 bits per heavy atom. The maximum absolute atomic E-state index is 12.0. The van der Waals surface area contributed by atoms with Crippen molar-refractivity contribution in [3.05, 3.63) is 143 Å². The minimum atomic E-state index is -1.16. The van der Waals surface area contributed by atoms with Crippen molar-refractivity contribution in [1.29, 1.82) is 0 Å². The second kappa shape index (κ2) is 8.70. The van der Waals surface area contributed by atoms with Crippen LogP contribution in [0.2, 0.25) is 0 Å². The topological polar surface area (TPSA) is 80.9 Å². The molecule has 190 valence electrons. The highest BCUT2D eigenvalue weighted by atomic mass is 16.3. The molecule has 7 rings (SSSR count). The summed E-state index contributed by atoms with van der Waals surface area (Å²) >= 11 is 0. The molecule has 0 amide bonds. The van der Waals surface area contributed by atoms with Crippen LogP contribution in [0.25, 0.3) is 32.7 Å². The van der Waals surface area contributed by atoms with E-state index in [-0.39, 0.29) is 24.7 Å². The predicted molar refractivity (Wildman–Crippen MR) is 154 cm³/mol. The first-order valence-electron chi connectivity index (χ1n) is 13.0. The van der Waals surface area contributed by atoms with Gasteiger partial charge in [-0.05, 0) is 55.9 Å². The molecule has 1 aliphatic rings. The van der Waals surface area contributed by atoms with E-state index in [2.05, 4.69) is 24.3 Å². The third-order valence-corrected chi connectivity index (χ3v) is 8.24. The van der Waals surface area contributed by atoms with Crippen molar-refractivity contribution in [2.24, 2.45) is 0 Å². The number of aliphatic hydroxyl groups is 2. The van der Waals surface area contributed by atoms with Crippen molar-refractivity contribution < 1.29 is 20.4 Å². The summed E-state index contributed by atoms with van der Waals surface area (Å²) in [5.41, 5.74) is 4.69. The van der Waals surface area contributed by atoms with E-state index in [0.29, 0.717) is 22.3 Å². The molecule has 0 fully saturated rings. The van der Waals surface area contributed by atoms with E-state index in [0.717, 1.165) is 43.8 Å². The minimum Gasteiger partial charge on any atom is -0.507 e. The summed E-state index contributed by atoms with van der Waals surface area (Å²) in [6.07, 6.45) is 0. The molecular formula is C35H26O4. The average molecular weight is 511 g/mol. The highest BCUT2D eigenvalue weighted by molar-refractivity contribution is 6.01. The monoisotopic (exact) mass is 510 g/mol. The van der Waals surface area contributed by atoms with Crippen molar-refractivity contribution in [3.8, 4) is 22.6 Å². The zero-order chi connectivity index (χ0) is 26.7. The molecule has 4 heteroatoms. The molecule has 6 aromatic carbocycles. The van der Waals surface area contributed by atoms with Crippen molar-refractivity contribution in [3.63, 3.8) is 0 Å². The molecule has 39 heavy (non-hydrogen) atoms. The molecule has 0 atom stereocenters. The summed E-state index contributed by atoms with van der Waals surface area (Å²) in [5.74, 6) is -0.0267. The maximum atomic E-state index is 12.0. The minimum absolute atomic E-state index is 0.0133. The van der Waals surface area contributed by atoms with Crippen LogP contribution in [0.1, 0.15) is 33.4 Å². The molecule has 0 unspecified atom stereocenters. The van der Waals surface area contributed by atoms with E-state index in [9.17, 15) is 20.4 Å².